The Morgan fingerprint density at radius 2 is 1.90 bits per heavy atom. The molecule has 31 heavy (non-hydrogen) atoms. The number of hydrogen-bond donors (Lipinski definition) is 0. The second-order valence-corrected chi connectivity index (χ2v) is 7.97. The van der Waals surface area contributed by atoms with Crippen LogP contribution in [0.25, 0.3) is 10.9 Å². The van der Waals surface area contributed by atoms with Gasteiger partial charge in [0.15, 0.2) is 0 Å². The minimum Gasteiger partial charge on any atom is -0.490 e. The first-order valence-electron chi connectivity index (χ1n) is 10.4. The number of hydrogen-bond acceptors (Lipinski definition) is 4. The van der Waals surface area contributed by atoms with Gasteiger partial charge in [-0.1, -0.05) is 6.07 Å². The molecular weight excluding hydrogens is 409 g/mol. The molecule has 1 aliphatic heterocycles. The van der Waals surface area contributed by atoms with Gasteiger partial charge >= 0.3 is 6.18 Å². The van der Waals surface area contributed by atoms with Gasteiger partial charge in [0, 0.05) is 49.5 Å². The largest absolute Gasteiger partial charge is 0.490 e. The fourth-order valence-corrected chi connectivity index (χ4v) is 3.99. The monoisotopic (exact) mass is 434 g/mol. The van der Waals surface area contributed by atoms with Crippen molar-refractivity contribution in [2.75, 3.05) is 19.6 Å². The van der Waals surface area contributed by atoms with Gasteiger partial charge in [0.05, 0.1) is 11.8 Å². The molecule has 1 aromatic carbocycles. The number of aryl methyl sites for hydroxylation is 1. The van der Waals surface area contributed by atoms with Crippen LogP contribution in [0.5, 0.6) is 5.75 Å². The molecule has 9 heteroatoms. The van der Waals surface area contributed by atoms with Crippen LogP contribution in [-0.2, 0) is 13.1 Å². The third kappa shape index (κ3) is 5.28. The van der Waals surface area contributed by atoms with Gasteiger partial charge in [-0.3, -0.25) is 9.36 Å². The lowest BCUT2D eigenvalue weighted by atomic mass is 10.1. The Hall–Kier alpha value is -2.81. The van der Waals surface area contributed by atoms with E-state index in [9.17, 15) is 18.0 Å². The predicted octanol–water partition coefficient (Wildman–Crippen LogP) is 3.61. The average molecular weight is 434 g/mol. The summed E-state index contributed by atoms with van der Waals surface area (Å²) >= 11 is 0. The van der Waals surface area contributed by atoms with Crippen LogP contribution in [-0.4, -0.2) is 50.9 Å². The molecule has 0 radical (unpaired) electrons. The van der Waals surface area contributed by atoms with Crippen molar-refractivity contribution >= 4 is 10.9 Å². The molecule has 166 valence electrons. The molecule has 3 heterocycles. The van der Waals surface area contributed by atoms with Crippen LogP contribution in [0, 0.1) is 6.92 Å². The highest BCUT2D eigenvalue weighted by molar-refractivity contribution is 5.86. The topological polar surface area (TPSA) is 52.3 Å². The van der Waals surface area contributed by atoms with E-state index in [2.05, 4.69) is 9.88 Å². The maximum absolute atomic E-state index is 12.8. The Bertz CT molecular complexity index is 1100. The van der Waals surface area contributed by atoms with E-state index in [-0.39, 0.29) is 11.7 Å². The molecular formula is C22H25F3N4O2. The molecule has 1 aliphatic rings. The van der Waals surface area contributed by atoms with Crippen molar-refractivity contribution in [2.24, 2.45) is 0 Å². The fraction of sp³-hybridized carbons (Fsp3) is 0.455. The van der Waals surface area contributed by atoms with Crippen molar-refractivity contribution in [1.82, 2.24) is 19.0 Å². The van der Waals surface area contributed by atoms with Gasteiger partial charge in [0.25, 0.3) is 5.56 Å². The summed E-state index contributed by atoms with van der Waals surface area (Å²) in [6.45, 7) is 3.80. The molecule has 0 N–H and O–H groups in total. The molecule has 0 bridgehead atoms. The predicted molar refractivity (Wildman–Crippen MR) is 111 cm³/mol. The molecule has 2 aromatic heterocycles. The van der Waals surface area contributed by atoms with E-state index in [1.165, 1.54) is 16.8 Å². The van der Waals surface area contributed by atoms with Crippen molar-refractivity contribution in [3.63, 3.8) is 0 Å². The molecule has 1 fully saturated rings. The number of likely N-dealkylation sites (tertiary alicyclic amines) is 1. The van der Waals surface area contributed by atoms with E-state index in [1.807, 2.05) is 6.07 Å². The second-order valence-electron chi connectivity index (χ2n) is 7.97. The highest BCUT2D eigenvalue weighted by Gasteiger charge is 2.28. The third-order valence-corrected chi connectivity index (χ3v) is 5.62. The molecule has 0 aliphatic carbocycles. The number of ether oxygens (including phenoxy) is 1. The lowest BCUT2D eigenvalue weighted by Gasteiger charge is -2.32. The lowest BCUT2D eigenvalue weighted by Crippen LogP contribution is -2.40. The zero-order valence-electron chi connectivity index (χ0n) is 17.3. The fourth-order valence-electron chi connectivity index (χ4n) is 3.99. The van der Waals surface area contributed by atoms with E-state index in [4.69, 9.17) is 4.74 Å². The summed E-state index contributed by atoms with van der Waals surface area (Å²) in [6.07, 6.45) is 0.419. The average Bonchev–Trinajstić information content (AvgIpc) is 3.11. The van der Waals surface area contributed by atoms with E-state index in [0.717, 1.165) is 32.5 Å². The van der Waals surface area contributed by atoms with Crippen LogP contribution in [0.2, 0.25) is 0 Å². The molecule has 0 atom stereocenters. The summed E-state index contributed by atoms with van der Waals surface area (Å²) in [7, 11) is 0. The molecule has 0 amide bonds. The van der Waals surface area contributed by atoms with Gasteiger partial charge in [-0.15, -0.1) is 0 Å². The van der Waals surface area contributed by atoms with Crippen molar-refractivity contribution in [2.45, 2.75) is 45.1 Å². The van der Waals surface area contributed by atoms with Crippen LogP contribution >= 0.6 is 0 Å². The number of alkyl halides is 3. The maximum Gasteiger partial charge on any atom is 0.406 e. The van der Waals surface area contributed by atoms with Gasteiger partial charge in [-0.25, -0.2) is 4.98 Å². The minimum atomic E-state index is -4.27. The Labute approximate surface area is 177 Å². The number of nitrogens with zero attached hydrogens (tertiary/aromatic N) is 4. The summed E-state index contributed by atoms with van der Waals surface area (Å²) in [5.41, 5.74) is 1.18. The number of halogens is 3. The van der Waals surface area contributed by atoms with Crippen LogP contribution in [0.4, 0.5) is 13.2 Å². The standard InChI is InChI=1S/C22H25F3N4O2/c1-16-13-21(30)29(15-26-16)12-11-27-8-5-17(6-9-27)31-20-4-2-3-19-18(20)7-10-28(19)14-22(23,24)25/h2-4,7,10,13,15,17H,5-6,8-9,11-12,14H2,1H3. The summed E-state index contributed by atoms with van der Waals surface area (Å²) in [5, 5.41) is 0.695. The number of piperidine rings is 1. The Balaban J connectivity index is 1.33. The van der Waals surface area contributed by atoms with Gasteiger partial charge < -0.3 is 14.2 Å². The molecule has 3 aromatic rings. The minimum absolute atomic E-state index is 0.0107. The van der Waals surface area contributed by atoms with E-state index in [1.54, 1.807) is 36.0 Å². The van der Waals surface area contributed by atoms with Gasteiger partial charge in [-0.2, -0.15) is 13.2 Å². The molecule has 6 nitrogen and oxygen atoms in total. The van der Waals surface area contributed by atoms with Crippen LogP contribution < -0.4 is 10.3 Å². The van der Waals surface area contributed by atoms with E-state index in [0.29, 0.717) is 28.9 Å². The Morgan fingerprint density at radius 3 is 2.61 bits per heavy atom. The normalized spacial score (nSPS) is 16.1. The van der Waals surface area contributed by atoms with Crippen LogP contribution in [0.15, 0.2) is 47.7 Å². The number of benzene rings is 1. The molecule has 0 saturated carbocycles. The van der Waals surface area contributed by atoms with Gasteiger partial charge in [0.1, 0.15) is 18.4 Å². The van der Waals surface area contributed by atoms with Crippen molar-refractivity contribution in [3.05, 3.63) is 58.9 Å². The van der Waals surface area contributed by atoms with E-state index < -0.39 is 12.7 Å². The first-order valence-corrected chi connectivity index (χ1v) is 10.4. The highest BCUT2D eigenvalue weighted by Crippen LogP contribution is 2.30. The maximum atomic E-state index is 12.8. The van der Waals surface area contributed by atoms with Crippen molar-refractivity contribution in [1.29, 1.82) is 0 Å². The first-order chi connectivity index (χ1) is 14.8. The molecule has 0 spiro atoms. The zero-order chi connectivity index (χ0) is 22.0. The number of fused-ring (bicyclic) bond motifs is 1. The summed E-state index contributed by atoms with van der Waals surface area (Å²) in [4.78, 5) is 18.4. The van der Waals surface area contributed by atoms with E-state index >= 15 is 0 Å². The summed E-state index contributed by atoms with van der Waals surface area (Å²) in [5.74, 6) is 0.620. The third-order valence-electron chi connectivity index (χ3n) is 5.62. The quantitative estimate of drug-likeness (QED) is 0.595. The van der Waals surface area contributed by atoms with Crippen molar-refractivity contribution in [3.8, 4) is 5.75 Å². The summed E-state index contributed by atoms with van der Waals surface area (Å²) in [6, 6.07) is 8.43. The molecule has 0 unspecified atom stereocenters. The second kappa shape index (κ2) is 8.74. The summed E-state index contributed by atoms with van der Waals surface area (Å²) < 4.78 is 47.3. The first kappa shape index (κ1) is 21.4. The van der Waals surface area contributed by atoms with Crippen molar-refractivity contribution < 1.29 is 17.9 Å². The van der Waals surface area contributed by atoms with Crippen LogP contribution in [0.1, 0.15) is 18.5 Å². The van der Waals surface area contributed by atoms with Gasteiger partial charge in [0.2, 0.25) is 0 Å². The number of aromatic nitrogens is 3. The Kier molecular flexibility index (Phi) is 6.04. The number of rotatable bonds is 6. The SMILES string of the molecule is Cc1cc(=O)n(CCN2CCC(Oc3cccc4c3ccn4CC(F)(F)F)CC2)cn1. The lowest BCUT2D eigenvalue weighted by molar-refractivity contribution is -0.139. The van der Waals surface area contributed by atoms with Gasteiger partial charge in [-0.05, 0) is 38.0 Å². The Morgan fingerprint density at radius 1 is 1.13 bits per heavy atom. The smallest absolute Gasteiger partial charge is 0.406 e. The molecule has 1 saturated heterocycles. The van der Waals surface area contributed by atoms with Crippen LogP contribution in [0.3, 0.4) is 0 Å². The zero-order valence-corrected chi connectivity index (χ0v) is 17.3. The highest BCUT2D eigenvalue weighted by atomic mass is 19.4. The molecule has 4 rings (SSSR count).